The van der Waals surface area contributed by atoms with Crippen molar-refractivity contribution in [3.8, 4) is 0 Å². The Morgan fingerprint density at radius 3 is 2.06 bits per heavy atom. The van der Waals surface area contributed by atoms with Crippen LogP contribution in [0, 0.1) is 5.92 Å². The molecule has 1 saturated carbocycles. The van der Waals surface area contributed by atoms with Crippen molar-refractivity contribution in [1.29, 1.82) is 0 Å². The third-order valence-electron chi connectivity index (χ3n) is 4.63. The lowest BCUT2D eigenvalue weighted by molar-refractivity contribution is 0.0660. The first-order valence-electron chi connectivity index (χ1n) is 7.63. The summed E-state index contributed by atoms with van der Waals surface area (Å²) in [6.45, 7) is 8.04. The minimum atomic E-state index is 0.310. The van der Waals surface area contributed by atoms with Gasteiger partial charge in [-0.05, 0) is 44.4 Å². The molecule has 1 fully saturated rings. The molecule has 0 heterocycles. The first-order valence-corrected chi connectivity index (χ1v) is 7.63. The topological polar surface area (TPSA) is 23.5 Å². The van der Waals surface area contributed by atoms with E-state index in [4.69, 9.17) is 0 Å². The van der Waals surface area contributed by atoms with Gasteiger partial charge in [0.15, 0.2) is 0 Å². The van der Waals surface area contributed by atoms with Gasteiger partial charge in [-0.25, -0.2) is 0 Å². The molecule has 102 valence electrons. The molecule has 0 atom stereocenters. The normalized spacial score (nSPS) is 25.8. The van der Waals surface area contributed by atoms with Crippen LogP contribution < -0.4 is 0 Å². The van der Waals surface area contributed by atoms with Crippen molar-refractivity contribution in [2.24, 2.45) is 5.92 Å². The molecule has 0 aromatic heterocycles. The number of nitrogens with zero attached hydrogens (tertiary/aromatic N) is 1. The lowest BCUT2D eigenvalue weighted by Gasteiger charge is -2.40. The van der Waals surface area contributed by atoms with Gasteiger partial charge in [0.2, 0.25) is 0 Å². The third kappa shape index (κ3) is 4.26. The molecule has 1 aliphatic rings. The molecule has 1 rings (SSSR count). The summed E-state index contributed by atoms with van der Waals surface area (Å²) < 4.78 is 0. The summed E-state index contributed by atoms with van der Waals surface area (Å²) in [5.74, 6) is 0.962. The molecule has 0 saturated heterocycles. The van der Waals surface area contributed by atoms with Gasteiger partial charge in [0, 0.05) is 18.6 Å². The molecule has 0 aromatic rings. The van der Waals surface area contributed by atoms with Crippen molar-refractivity contribution in [2.75, 3.05) is 13.2 Å². The second-order valence-electron chi connectivity index (χ2n) is 5.51. The van der Waals surface area contributed by atoms with Crippen LogP contribution in [-0.4, -0.2) is 35.2 Å². The average Bonchev–Trinajstić information content (AvgIpc) is 2.39. The molecule has 0 aromatic carbocycles. The number of rotatable bonds is 7. The first-order chi connectivity index (χ1) is 8.26. The highest BCUT2D eigenvalue weighted by Gasteiger charge is 2.27. The second kappa shape index (κ2) is 8.10. The van der Waals surface area contributed by atoms with Gasteiger partial charge in [-0.1, -0.05) is 27.2 Å². The maximum atomic E-state index is 9.26. The smallest absolute Gasteiger partial charge is 0.0558 e. The predicted molar refractivity (Wildman–Crippen MR) is 74.2 cm³/mol. The standard InChI is InChI=1S/C15H31NO/c1-4-13-7-9-15(10-8-13)16(11-12-17)14(5-2)6-3/h13-15,17H,4-12H2,1-3H3. The van der Waals surface area contributed by atoms with E-state index in [0.29, 0.717) is 12.6 Å². The summed E-state index contributed by atoms with van der Waals surface area (Å²) in [6.07, 6.45) is 9.24. The van der Waals surface area contributed by atoms with Gasteiger partial charge in [0.1, 0.15) is 0 Å². The summed E-state index contributed by atoms with van der Waals surface area (Å²) in [5.41, 5.74) is 0. The molecule has 0 bridgehead atoms. The molecular weight excluding hydrogens is 210 g/mol. The summed E-state index contributed by atoms with van der Waals surface area (Å²) in [7, 11) is 0. The van der Waals surface area contributed by atoms with E-state index in [1.54, 1.807) is 0 Å². The zero-order chi connectivity index (χ0) is 12.7. The van der Waals surface area contributed by atoms with Crippen molar-refractivity contribution in [3.63, 3.8) is 0 Å². The van der Waals surface area contributed by atoms with Crippen LogP contribution in [0.5, 0.6) is 0 Å². The molecule has 0 aliphatic heterocycles. The highest BCUT2D eigenvalue weighted by Crippen LogP contribution is 2.31. The molecule has 0 spiro atoms. The van der Waals surface area contributed by atoms with Crippen LogP contribution in [0.2, 0.25) is 0 Å². The van der Waals surface area contributed by atoms with Crippen LogP contribution in [0.1, 0.15) is 65.7 Å². The van der Waals surface area contributed by atoms with Crippen LogP contribution in [0.15, 0.2) is 0 Å². The molecule has 0 unspecified atom stereocenters. The quantitative estimate of drug-likeness (QED) is 0.738. The first kappa shape index (κ1) is 15.0. The summed E-state index contributed by atoms with van der Waals surface area (Å²) in [4.78, 5) is 2.59. The largest absolute Gasteiger partial charge is 0.395 e. The zero-order valence-electron chi connectivity index (χ0n) is 12.0. The molecule has 1 N–H and O–H groups in total. The summed E-state index contributed by atoms with van der Waals surface area (Å²) >= 11 is 0. The van der Waals surface area contributed by atoms with Crippen molar-refractivity contribution in [3.05, 3.63) is 0 Å². The van der Waals surface area contributed by atoms with Crippen molar-refractivity contribution >= 4 is 0 Å². The van der Waals surface area contributed by atoms with Gasteiger partial charge < -0.3 is 5.11 Å². The molecule has 17 heavy (non-hydrogen) atoms. The lowest BCUT2D eigenvalue weighted by atomic mass is 9.83. The SMILES string of the molecule is CCC1CCC(N(CCO)C(CC)CC)CC1. The molecule has 1 aliphatic carbocycles. The number of aliphatic hydroxyl groups is 1. The highest BCUT2D eigenvalue weighted by atomic mass is 16.3. The molecule has 0 amide bonds. The van der Waals surface area contributed by atoms with Crippen LogP contribution >= 0.6 is 0 Å². The van der Waals surface area contributed by atoms with Gasteiger partial charge in [-0.3, -0.25) is 4.90 Å². The van der Waals surface area contributed by atoms with E-state index >= 15 is 0 Å². The Labute approximate surface area is 107 Å². The van der Waals surface area contributed by atoms with E-state index in [1.807, 2.05) is 0 Å². The maximum Gasteiger partial charge on any atom is 0.0558 e. The minimum Gasteiger partial charge on any atom is -0.395 e. The van der Waals surface area contributed by atoms with E-state index in [2.05, 4.69) is 25.7 Å². The average molecular weight is 241 g/mol. The van der Waals surface area contributed by atoms with Crippen LogP contribution in [0.4, 0.5) is 0 Å². The van der Waals surface area contributed by atoms with Crippen LogP contribution in [0.3, 0.4) is 0 Å². The highest BCUT2D eigenvalue weighted by molar-refractivity contribution is 4.82. The van der Waals surface area contributed by atoms with Crippen LogP contribution in [-0.2, 0) is 0 Å². The molecular formula is C15H31NO. The van der Waals surface area contributed by atoms with Gasteiger partial charge in [0.05, 0.1) is 6.61 Å². The van der Waals surface area contributed by atoms with E-state index < -0.39 is 0 Å². The van der Waals surface area contributed by atoms with E-state index in [1.165, 1.54) is 44.9 Å². The molecule has 2 nitrogen and oxygen atoms in total. The Morgan fingerprint density at radius 2 is 1.65 bits per heavy atom. The van der Waals surface area contributed by atoms with Crippen molar-refractivity contribution in [1.82, 2.24) is 4.90 Å². The molecule has 0 radical (unpaired) electrons. The zero-order valence-corrected chi connectivity index (χ0v) is 12.0. The maximum absolute atomic E-state index is 9.26. The summed E-state index contributed by atoms with van der Waals surface area (Å²) in [5, 5.41) is 9.26. The Kier molecular flexibility index (Phi) is 7.14. The van der Waals surface area contributed by atoms with Crippen molar-refractivity contribution in [2.45, 2.75) is 77.8 Å². The molecule has 2 heteroatoms. The Morgan fingerprint density at radius 1 is 1.06 bits per heavy atom. The monoisotopic (exact) mass is 241 g/mol. The summed E-state index contributed by atoms with van der Waals surface area (Å²) in [6, 6.07) is 1.40. The van der Waals surface area contributed by atoms with Crippen molar-refractivity contribution < 1.29 is 5.11 Å². The Bertz CT molecular complexity index is 183. The van der Waals surface area contributed by atoms with Gasteiger partial charge >= 0.3 is 0 Å². The fraction of sp³-hybridized carbons (Fsp3) is 1.00. The minimum absolute atomic E-state index is 0.310. The van der Waals surface area contributed by atoms with Crippen LogP contribution in [0.25, 0.3) is 0 Å². The van der Waals surface area contributed by atoms with Gasteiger partial charge in [0.25, 0.3) is 0 Å². The second-order valence-corrected chi connectivity index (χ2v) is 5.51. The van der Waals surface area contributed by atoms with E-state index in [0.717, 1.165) is 18.5 Å². The third-order valence-corrected chi connectivity index (χ3v) is 4.63. The Hall–Kier alpha value is -0.0800. The van der Waals surface area contributed by atoms with Gasteiger partial charge in [-0.15, -0.1) is 0 Å². The lowest BCUT2D eigenvalue weighted by Crippen LogP contribution is -2.46. The number of hydrogen-bond donors (Lipinski definition) is 1. The van der Waals surface area contributed by atoms with E-state index in [9.17, 15) is 5.11 Å². The van der Waals surface area contributed by atoms with Gasteiger partial charge in [-0.2, -0.15) is 0 Å². The van der Waals surface area contributed by atoms with E-state index in [-0.39, 0.29) is 0 Å². The fourth-order valence-electron chi connectivity index (χ4n) is 3.42. The number of hydrogen-bond acceptors (Lipinski definition) is 2. The number of aliphatic hydroxyl groups excluding tert-OH is 1. The predicted octanol–water partition coefficient (Wildman–Crippen LogP) is 3.44. The Balaban J connectivity index is 2.52. The fourth-order valence-corrected chi connectivity index (χ4v) is 3.42.